The van der Waals surface area contributed by atoms with Crippen LogP contribution in [-0.2, 0) is 4.74 Å². The minimum Gasteiger partial charge on any atom is -0.490 e. The molecule has 1 atom stereocenters. The Balaban J connectivity index is 1.70. The van der Waals surface area contributed by atoms with Crippen molar-refractivity contribution in [2.45, 2.75) is 31.8 Å². The van der Waals surface area contributed by atoms with E-state index in [4.69, 9.17) is 9.47 Å². The van der Waals surface area contributed by atoms with Crippen LogP contribution in [0.1, 0.15) is 25.7 Å². The van der Waals surface area contributed by atoms with Crippen molar-refractivity contribution in [2.75, 3.05) is 13.7 Å². The van der Waals surface area contributed by atoms with E-state index in [2.05, 4.69) is 15.2 Å². The molecule has 0 radical (unpaired) electrons. The molecule has 5 heteroatoms. The Kier molecular flexibility index (Phi) is 4.50. The van der Waals surface area contributed by atoms with Crippen molar-refractivity contribution in [3.63, 3.8) is 0 Å². The predicted molar refractivity (Wildman–Crippen MR) is 80.1 cm³/mol. The molecule has 1 aliphatic rings. The van der Waals surface area contributed by atoms with E-state index in [0.717, 1.165) is 17.1 Å². The van der Waals surface area contributed by atoms with Crippen LogP contribution in [0.25, 0.3) is 11.4 Å². The molecule has 0 spiro atoms. The highest BCUT2D eigenvalue weighted by Gasteiger charge is 2.25. The molecule has 1 saturated carbocycles. The number of ether oxygens (including phenoxy) is 2. The van der Waals surface area contributed by atoms with Crippen molar-refractivity contribution in [3.8, 4) is 17.1 Å². The SMILES string of the molecule is CO[C@@H](COc1ccccc1-c1ncn[nH]1)C1CCCC1. The molecule has 0 aliphatic heterocycles. The summed E-state index contributed by atoms with van der Waals surface area (Å²) in [6.07, 6.45) is 6.76. The van der Waals surface area contributed by atoms with Crippen LogP contribution in [0.5, 0.6) is 5.75 Å². The van der Waals surface area contributed by atoms with Gasteiger partial charge in [0, 0.05) is 7.11 Å². The average molecular weight is 287 g/mol. The summed E-state index contributed by atoms with van der Waals surface area (Å²) >= 11 is 0. The Labute approximate surface area is 124 Å². The Bertz CT molecular complexity index is 550. The zero-order chi connectivity index (χ0) is 14.5. The summed E-state index contributed by atoms with van der Waals surface area (Å²) in [6.45, 7) is 0.576. The van der Waals surface area contributed by atoms with Gasteiger partial charge >= 0.3 is 0 Å². The number of nitrogens with one attached hydrogen (secondary N) is 1. The lowest BCUT2D eigenvalue weighted by Crippen LogP contribution is -2.27. The van der Waals surface area contributed by atoms with Gasteiger partial charge in [-0.15, -0.1) is 0 Å². The molecule has 0 unspecified atom stereocenters. The van der Waals surface area contributed by atoms with Crippen molar-refractivity contribution in [1.82, 2.24) is 15.2 Å². The largest absolute Gasteiger partial charge is 0.490 e. The van der Waals surface area contributed by atoms with Crippen molar-refractivity contribution in [2.24, 2.45) is 5.92 Å². The second-order valence-electron chi connectivity index (χ2n) is 5.46. The van der Waals surface area contributed by atoms with E-state index in [0.29, 0.717) is 12.5 Å². The zero-order valence-electron chi connectivity index (χ0n) is 12.3. The minimum absolute atomic E-state index is 0.162. The van der Waals surface area contributed by atoms with Crippen LogP contribution < -0.4 is 4.74 Å². The summed E-state index contributed by atoms with van der Waals surface area (Å²) in [6, 6.07) is 7.87. The fourth-order valence-corrected chi connectivity index (χ4v) is 3.02. The van der Waals surface area contributed by atoms with E-state index in [9.17, 15) is 0 Å². The maximum atomic E-state index is 6.01. The first-order valence-corrected chi connectivity index (χ1v) is 7.49. The standard InChI is InChI=1S/C16H21N3O2/c1-20-15(12-6-2-3-7-12)10-21-14-9-5-4-8-13(14)16-17-11-18-19-16/h4-5,8-9,11-12,15H,2-3,6-7,10H2,1H3,(H,17,18,19)/t15-/m0/s1. The summed E-state index contributed by atoms with van der Waals surface area (Å²) in [5.41, 5.74) is 0.927. The number of aromatic amines is 1. The van der Waals surface area contributed by atoms with Crippen molar-refractivity contribution in [1.29, 1.82) is 0 Å². The van der Waals surface area contributed by atoms with Crippen LogP contribution in [0.2, 0.25) is 0 Å². The molecule has 0 bridgehead atoms. The summed E-state index contributed by atoms with van der Waals surface area (Å²) in [7, 11) is 1.77. The van der Waals surface area contributed by atoms with Gasteiger partial charge in [-0.2, -0.15) is 5.10 Å². The Morgan fingerprint density at radius 3 is 2.81 bits per heavy atom. The zero-order valence-corrected chi connectivity index (χ0v) is 12.3. The number of para-hydroxylation sites is 1. The molecule has 1 heterocycles. The van der Waals surface area contributed by atoms with Gasteiger partial charge in [-0.3, -0.25) is 5.10 Å². The highest BCUT2D eigenvalue weighted by Crippen LogP contribution is 2.31. The van der Waals surface area contributed by atoms with Gasteiger partial charge in [0.05, 0.1) is 11.7 Å². The molecule has 3 rings (SSSR count). The smallest absolute Gasteiger partial charge is 0.159 e. The second-order valence-corrected chi connectivity index (χ2v) is 5.46. The first-order chi connectivity index (χ1) is 10.4. The van der Waals surface area contributed by atoms with Crippen LogP contribution in [-0.4, -0.2) is 35.0 Å². The van der Waals surface area contributed by atoms with E-state index in [1.807, 2.05) is 24.3 Å². The lowest BCUT2D eigenvalue weighted by molar-refractivity contribution is 0.0174. The Hall–Kier alpha value is -1.88. The number of hydrogen-bond acceptors (Lipinski definition) is 4. The number of aromatic nitrogens is 3. The predicted octanol–water partition coefficient (Wildman–Crippen LogP) is 3.06. The lowest BCUT2D eigenvalue weighted by atomic mass is 10.0. The van der Waals surface area contributed by atoms with Crippen LogP contribution in [0.4, 0.5) is 0 Å². The maximum absolute atomic E-state index is 6.01. The van der Waals surface area contributed by atoms with Crippen molar-refractivity contribution < 1.29 is 9.47 Å². The van der Waals surface area contributed by atoms with E-state index < -0.39 is 0 Å². The molecule has 0 saturated heterocycles. The fraction of sp³-hybridized carbons (Fsp3) is 0.500. The Morgan fingerprint density at radius 2 is 2.10 bits per heavy atom. The molecule has 1 aliphatic carbocycles. The maximum Gasteiger partial charge on any atom is 0.159 e. The number of H-pyrrole nitrogens is 1. The molecule has 5 nitrogen and oxygen atoms in total. The number of methoxy groups -OCH3 is 1. The number of hydrogen-bond donors (Lipinski definition) is 1. The molecule has 1 aromatic carbocycles. The van der Waals surface area contributed by atoms with Gasteiger partial charge in [-0.25, -0.2) is 4.98 Å². The molecule has 21 heavy (non-hydrogen) atoms. The third-order valence-corrected chi connectivity index (χ3v) is 4.19. The summed E-state index contributed by atoms with van der Waals surface area (Å²) in [4.78, 5) is 4.19. The van der Waals surface area contributed by atoms with Gasteiger partial charge < -0.3 is 9.47 Å². The monoisotopic (exact) mass is 287 g/mol. The number of nitrogens with zero attached hydrogens (tertiary/aromatic N) is 2. The topological polar surface area (TPSA) is 60.0 Å². The van der Waals surface area contributed by atoms with E-state index in [1.165, 1.54) is 32.0 Å². The quantitative estimate of drug-likeness (QED) is 0.887. The molecule has 0 amide bonds. The van der Waals surface area contributed by atoms with E-state index in [1.54, 1.807) is 7.11 Å². The molecular weight excluding hydrogens is 266 g/mol. The molecular formula is C16H21N3O2. The lowest BCUT2D eigenvalue weighted by Gasteiger charge is -2.22. The van der Waals surface area contributed by atoms with Gasteiger partial charge in [0.2, 0.25) is 0 Å². The normalized spacial score (nSPS) is 17.0. The highest BCUT2D eigenvalue weighted by molar-refractivity contribution is 5.63. The average Bonchev–Trinajstić information content (AvgIpc) is 3.22. The number of benzene rings is 1. The van der Waals surface area contributed by atoms with Crippen LogP contribution in [0.15, 0.2) is 30.6 Å². The third kappa shape index (κ3) is 3.24. The first-order valence-electron chi connectivity index (χ1n) is 7.49. The first kappa shape index (κ1) is 14.1. The highest BCUT2D eigenvalue weighted by atomic mass is 16.5. The van der Waals surface area contributed by atoms with Gasteiger partial charge in [0.15, 0.2) is 5.82 Å². The summed E-state index contributed by atoms with van der Waals surface area (Å²) in [5.74, 6) is 2.15. The van der Waals surface area contributed by atoms with Gasteiger partial charge in [0.1, 0.15) is 18.7 Å². The molecule has 1 aromatic heterocycles. The Morgan fingerprint density at radius 1 is 1.29 bits per heavy atom. The van der Waals surface area contributed by atoms with E-state index in [-0.39, 0.29) is 6.10 Å². The van der Waals surface area contributed by atoms with Crippen molar-refractivity contribution in [3.05, 3.63) is 30.6 Å². The number of rotatable bonds is 6. The summed E-state index contributed by atoms with van der Waals surface area (Å²) in [5, 5.41) is 6.78. The van der Waals surface area contributed by atoms with Crippen LogP contribution in [0, 0.1) is 5.92 Å². The summed E-state index contributed by atoms with van der Waals surface area (Å²) < 4.78 is 11.6. The minimum atomic E-state index is 0.162. The molecule has 2 aromatic rings. The fourth-order valence-electron chi connectivity index (χ4n) is 3.02. The van der Waals surface area contributed by atoms with E-state index >= 15 is 0 Å². The van der Waals surface area contributed by atoms with Gasteiger partial charge in [-0.05, 0) is 30.9 Å². The van der Waals surface area contributed by atoms with Crippen molar-refractivity contribution >= 4 is 0 Å². The molecule has 1 N–H and O–H groups in total. The second kappa shape index (κ2) is 6.72. The van der Waals surface area contributed by atoms with Gasteiger partial charge in [-0.1, -0.05) is 25.0 Å². The molecule has 112 valence electrons. The van der Waals surface area contributed by atoms with Crippen LogP contribution in [0.3, 0.4) is 0 Å². The third-order valence-electron chi connectivity index (χ3n) is 4.19. The van der Waals surface area contributed by atoms with Gasteiger partial charge in [0.25, 0.3) is 0 Å². The van der Waals surface area contributed by atoms with Crippen LogP contribution >= 0.6 is 0 Å². The molecule has 1 fully saturated rings.